The number of aliphatic hydroxyl groups is 1. The highest BCUT2D eigenvalue weighted by molar-refractivity contribution is 5.67. The summed E-state index contributed by atoms with van der Waals surface area (Å²) in [6.07, 6.45) is -2.29. The minimum atomic E-state index is -1.19. The van der Waals surface area contributed by atoms with Gasteiger partial charge in [-0.2, -0.15) is 0 Å². The molecule has 0 bridgehead atoms. The predicted molar refractivity (Wildman–Crippen MR) is 53.5 cm³/mol. The van der Waals surface area contributed by atoms with Crippen LogP contribution in [0.5, 0.6) is 0 Å². The lowest BCUT2D eigenvalue weighted by Crippen LogP contribution is -2.57. The van der Waals surface area contributed by atoms with Crippen molar-refractivity contribution >= 4 is 6.09 Å². The second-order valence-electron chi connectivity index (χ2n) is 5.13. The Labute approximate surface area is 88.7 Å². The molecule has 1 amide bonds. The molecule has 0 aromatic rings. The van der Waals surface area contributed by atoms with Gasteiger partial charge in [0.15, 0.2) is 0 Å². The van der Waals surface area contributed by atoms with Crippen molar-refractivity contribution in [2.75, 3.05) is 13.2 Å². The highest BCUT2D eigenvalue weighted by Crippen LogP contribution is 2.44. The van der Waals surface area contributed by atoms with Crippen LogP contribution in [0.4, 0.5) is 9.18 Å². The third-order valence-corrected chi connectivity index (χ3v) is 3.35. The van der Waals surface area contributed by atoms with Gasteiger partial charge in [-0.3, -0.25) is 4.90 Å². The number of aliphatic hydroxyl groups excluding tert-OH is 1. The van der Waals surface area contributed by atoms with Crippen molar-refractivity contribution in [1.82, 2.24) is 4.90 Å². The maximum Gasteiger partial charge on any atom is 0.407 e. The van der Waals surface area contributed by atoms with Crippen molar-refractivity contribution in [1.29, 1.82) is 0 Å². The van der Waals surface area contributed by atoms with Crippen molar-refractivity contribution in [3.8, 4) is 0 Å². The summed E-state index contributed by atoms with van der Waals surface area (Å²) in [6, 6.07) is 0. The summed E-state index contributed by atoms with van der Waals surface area (Å²) in [5, 5.41) is 18.4. The van der Waals surface area contributed by atoms with Crippen molar-refractivity contribution in [2.45, 2.75) is 38.9 Å². The number of hydrogen-bond acceptors (Lipinski definition) is 2. The number of halogens is 1. The summed E-state index contributed by atoms with van der Waals surface area (Å²) >= 11 is 0. The largest absolute Gasteiger partial charge is 0.465 e. The molecule has 0 unspecified atom stereocenters. The molecule has 4 nitrogen and oxygen atoms in total. The Kier molecular flexibility index (Phi) is 2.96. The van der Waals surface area contributed by atoms with Gasteiger partial charge < -0.3 is 10.2 Å². The zero-order valence-corrected chi connectivity index (χ0v) is 9.33. The molecule has 1 aliphatic heterocycles. The van der Waals surface area contributed by atoms with Gasteiger partial charge in [0, 0.05) is 6.42 Å². The molecule has 1 saturated heterocycles. The van der Waals surface area contributed by atoms with Crippen LogP contribution in [0, 0.1) is 5.41 Å². The highest BCUT2D eigenvalue weighted by atomic mass is 19.1. The molecule has 0 spiro atoms. The fraction of sp³-hybridized carbons (Fsp3) is 0.900. The first-order valence-corrected chi connectivity index (χ1v) is 5.00. The molecule has 15 heavy (non-hydrogen) atoms. The first kappa shape index (κ1) is 12.2. The van der Waals surface area contributed by atoms with E-state index >= 15 is 0 Å². The Bertz CT molecular complexity index is 264. The number of amides is 1. The van der Waals surface area contributed by atoms with Crippen LogP contribution in [0.2, 0.25) is 0 Å². The molecule has 0 aliphatic carbocycles. The van der Waals surface area contributed by atoms with Gasteiger partial charge in [-0.1, -0.05) is 20.8 Å². The number of hydrogen-bond donors (Lipinski definition) is 2. The maximum atomic E-state index is 13.3. The molecule has 2 atom stereocenters. The Morgan fingerprint density at radius 1 is 1.60 bits per heavy atom. The Morgan fingerprint density at radius 3 is 2.40 bits per heavy atom. The van der Waals surface area contributed by atoms with E-state index in [1.165, 1.54) is 0 Å². The summed E-state index contributed by atoms with van der Waals surface area (Å²) in [7, 11) is 0. The first-order chi connectivity index (χ1) is 6.74. The second kappa shape index (κ2) is 3.63. The molecular weight excluding hydrogens is 201 g/mol. The van der Waals surface area contributed by atoms with E-state index in [9.17, 15) is 14.3 Å². The molecule has 1 aliphatic rings. The Morgan fingerprint density at radius 2 is 2.13 bits per heavy atom. The number of carbonyl (C=O) groups is 1. The quantitative estimate of drug-likeness (QED) is 0.702. The molecule has 1 fully saturated rings. The normalized spacial score (nSPS) is 32.1. The monoisotopic (exact) mass is 219 g/mol. The third kappa shape index (κ3) is 1.80. The van der Waals surface area contributed by atoms with E-state index in [0.29, 0.717) is 0 Å². The molecule has 1 heterocycles. The van der Waals surface area contributed by atoms with E-state index < -0.39 is 23.2 Å². The van der Waals surface area contributed by atoms with Gasteiger partial charge in [0.2, 0.25) is 0 Å². The van der Waals surface area contributed by atoms with Gasteiger partial charge in [0.25, 0.3) is 0 Å². The van der Waals surface area contributed by atoms with E-state index in [0.717, 1.165) is 4.90 Å². The van der Waals surface area contributed by atoms with Crippen LogP contribution in [-0.4, -0.2) is 46.1 Å². The number of rotatable bonds is 1. The Hall–Kier alpha value is -0.840. The predicted octanol–water partition coefficient (Wildman–Crippen LogP) is 1.49. The van der Waals surface area contributed by atoms with Crippen molar-refractivity contribution in [2.24, 2.45) is 5.41 Å². The summed E-state index contributed by atoms with van der Waals surface area (Å²) in [6.45, 7) is 4.96. The molecule has 0 radical (unpaired) electrons. The average molecular weight is 219 g/mol. The molecule has 2 N–H and O–H groups in total. The molecular formula is C10H18FNO3. The molecule has 0 aromatic heterocycles. The lowest BCUT2D eigenvalue weighted by atomic mass is 9.72. The summed E-state index contributed by atoms with van der Waals surface area (Å²) in [5.41, 5.74) is -1.49. The standard InChI is InChI=1S/C10H18FNO3/c1-9(2,3)10(6-13)4-7(11)5-12(10)8(14)15/h7,13H,4-6H2,1-3H3,(H,14,15)/t7-,10+/m0/s1. The van der Waals surface area contributed by atoms with Crippen LogP contribution in [0.15, 0.2) is 0 Å². The summed E-state index contributed by atoms with van der Waals surface area (Å²) in [4.78, 5) is 12.1. The highest BCUT2D eigenvalue weighted by Gasteiger charge is 2.54. The molecule has 1 rings (SSSR count). The second-order valence-corrected chi connectivity index (χ2v) is 5.13. The van der Waals surface area contributed by atoms with Gasteiger partial charge >= 0.3 is 6.09 Å². The Balaban J connectivity index is 3.11. The van der Waals surface area contributed by atoms with E-state index in [2.05, 4.69) is 0 Å². The molecule has 88 valence electrons. The van der Waals surface area contributed by atoms with Crippen molar-refractivity contribution < 1.29 is 19.4 Å². The third-order valence-electron chi connectivity index (χ3n) is 3.35. The summed E-state index contributed by atoms with van der Waals surface area (Å²) < 4.78 is 13.3. The maximum absolute atomic E-state index is 13.3. The van der Waals surface area contributed by atoms with Crippen molar-refractivity contribution in [3.05, 3.63) is 0 Å². The van der Waals surface area contributed by atoms with Crippen LogP contribution in [0.1, 0.15) is 27.2 Å². The van der Waals surface area contributed by atoms with Gasteiger partial charge in [-0.25, -0.2) is 9.18 Å². The molecule has 0 aromatic carbocycles. The van der Waals surface area contributed by atoms with E-state index in [1.54, 1.807) is 0 Å². The number of carboxylic acid groups (broad SMARTS) is 1. The van der Waals surface area contributed by atoms with Gasteiger partial charge in [-0.15, -0.1) is 0 Å². The van der Waals surface area contributed by atoms with Crippen LogP contribution in [0.25, 0.3) is 0 Å². The van der Waals surface area contributed by atoms with E-state index in [4.69, 9.17) is 5.11 Å². The van der Waals surface area contributed by atoms with Crippen LogP contribution >= 0.6 is 0 Å². The van der Waals surface area contributed by atoms with Crippen LogP contribution in [-0.2, 0) is 0 Å². The summed E-state index contributed by atoms with van der Waals surface area (Å²) in [5.74, 6) is 0. The zero-order chi connectivity index (χ0) is 11.9. The van der Waals surface area contributed by atoms with Crippen LogP contribution < -0.4 is 0 Å². The van der Waals surface area contributed by atoms with Gasteiger partial charge in [0.05, 0.1) is 18.7 Å². The van der Waals surface area contributed by atoms with Gasteiger partial charge in [0.1, 0.15) is 6.17 Å². The fourth-order valence-corrected chi connectivity index (χ4v) is 2.27. The minimum absolute atomic E-state index is 0.0688. The minimum Gasteiger partial charge on any atom is -0.465 e. The van der Waals surface area contributed by atoms with Gasteiger partial charge in [-0.05, 0) is 5.41 Å². The SMILES string of the molecule is CC(C)(C)[C@]1(CO)C[C@H](F)CN1C(=O)O. The number of alkyl halides is 1. The fourth-order valence-electron chi connectivity index (χ4n) is 2.27. The zero-order valence-electron chi connectivity index (χ0n) is 9.33. The lowest BCUT2D eigenvalue weighted by Gasteiger charge is -2.45. The first-order valence-electron chi connectivity index (χ1n) is 5.00. The van der Waals surface area contributed by atoms with E-state index in [1.807, 2.05) is 20.8 Å². The topological polar surface area (TPSA) is 60.8 Å². The number of nitrogens with zero attached hydrogens (tertiary/aromatic N) is 1. The van der Waals surface area contributed by atoms with Crippen LogP contribution in [0.3, 0.4) is 0 Å². The van der Waals surface area contributed by atoms with E-state index in [-0.39, 0.29) is 19.6 Å². The van der Waals surface area contributed by atoms with Crippen molar-refractivity contribution in [3.63, 3.8) is 0 Å². The molecule has 0 saturated carbocycles. The lowest BCUT2D eigenvalue weighted by molar-refractivity contribution is -0.0117. The average Bonchev–Trinajstić information content (AvgIpc) is 2.42. The smallest absolute Gasteiger partial charge is 0.407 e. The number of likely N-dealkylation sites (tertiary alicyclic amines) is 1. The molecule has 5 heteroatoms.